The molecular formula is C17H18F3NO3. The normalized spacial score (nSPS) is 8.88. The molecule has 0 saturated carbocycles. The number of amides is 1. The van der Waals surface area contributed by atoms with Crippen LogP contribution in [0.5, 0.6) is 0 Å². The second-order valence-electron chi connectivity index (χ2n) is 4.08. The number of primary amides is 1. The summed E-state index contributed by atoms with van der Waals surface area (Å²) in [5.74, 6) is -2.07. The molecule has 1 amide bonds. The fourth-order valence-electron chi connectivity index (χ4n) is 1.73. The molecule has 0 unspecified atom stereocenters. The van der Waals surface area contributed by atoms with Gasteiger partial charge in [-0.25, -0.2) is 13.6 Å². The van der Waals surface area contributed by atoms with Crippen molar-refractivity contribution in [3.8, 4) is 11.1 Å². The van der Waals surface area contributed by atoms with Crippen molar-refractivity contribution in [1.82, 2.24) is 0 Å². The molecule has 2 aromatic carbocycles. The van der Waals surface area contributed by atoms with Gasteiger partial charge < -0.3 is 5.73 Å². The Hall–Kier alpha value is -2.83. The van der Waals surface area contributed by atoms with E-state index in [9.17, 15) is 18.1 Å². The smallest absolute Gasteiger partial charge is 0.353 e. The first-order chi connectivity index (χ1) is 11.5. The monoisotopic (exact) mass is 341 g/mol. The SMILES string of the molecule is CC.NC=O.O=C(Cc1ccc(-c2ccc(F)cc2)c(F)c1)OF. The Balaban J connectivity index is 0.000000952. The molecule has 7 heteroatoms. The molecule has 0 heterocycles. The minimum atomic E-state index is -1.09. The van der Waals surface area contributed by atoms with Crippen molar-refractivity contribution in [3.05, 3.63) is 59.7 Å². The van der Waals surface area contributed by atoms with Crippen LogP contribution in [-0.2, 0) is 21.0 Å². The van der Waals surface area contributed by atoms with Gasteiger partial charge in [0.25, 0.3) is 0 Å². The summed E-state index contributed by atoms with van der Waals surface area (Å²) < 4.78 is 38.2. The highest BCUT2D eigenvalue weighted by Gasteiger charge is 2.10. The fourth-order valence-corrected chi connectivity index (χ4v) is 1.73. The molecule has 2 N–H and O–H groups in total. The quantitative estimate of drug-likeness (QED) is 0.865. The maximum atomic E-state index is 13.9. The Morgan fingerprint density at radius 2 is 1.67 bits per heavy atom. The molecule has 2 aromatic rings. The lowest BCUT2D eigenvalue weighted by atomic mass is 10.0. The molecule has 4 nitrogen and oxygen atoms in total. The Labute approximate surface area is 137 Å². The summed E-state index contributed by atoms with van der Waals surface area (Å²) in [6.07, 6.45) is -0.100. The first kappa shape index (κ1) is 21.2. The molecule has 0 aromatic heterocycles. The lowest BCUT2D eigenvalue weighted by Gasteiger charge is -2.05. The standard InChI is InChI=1S/C14H9F3O2.C2H6.CH3NO/c15-11-4-2-10(3-5-11)12-6-1-9(7-13(12)16)8-14(18)19-17;1-2;2-1-3/h1-7H,8H2;1-2H3;1H,(H2,2,3). The van der Waals surface area contributed by atoms with E-state index < -0.39 is 17.6 Å². The maximum Gasteiger partial charge on any atom is 0.353 e. The summed E-state index contributed by atoms with van der Waals surface area (Å²) in [6.45, 7) is 4.00. The zero-order valence-electron chi connectivity index (χ0n) is 13.3. The highest BCUT2D eigenvalue weighted by molar-refractivity contribution is 5.72. The van der Waals surface area contributed by atoms with Gasteiger partial charge in [-0.05, 0) is 29.3 Å². The summed E-state index contributed by atoms with van der Waals surface area (Å²) >= 11 is 0. The van der Waals surface area contributed by atoms with E-state index in [2.05, 4.69) is 10.7 Å². The third-order valence-electron chi connectivity index (χ3n) is 2.62. The minimum Gasteiger partial charge on any atom is -0.372 e. The fraction of sp³-hybridized carbons (Fsp3) is 0.176. The zero-order chi connectivity index (χ0) is 18.5. The van der Waals surface area contributed by atoms with Crippen LogP contribution in [0.25, 0.3) is 11.1 Å². The maximum absolute atomic E-state index is 13.9. The van der Waals surface area contributed by atoms with Crippen molar-refractivity contribution in [1.29, 1.82) is 0 Å². The van der Waals surface area contributed by atoms with Gasteiger partial charge >= 0.3 is 5.97 Å². The Kier molecular flexibility index (Phi) is 10.3. The summed E-state index contributed by atoms with van der Waals surface area (Å²) in [5, 5.41) is 0. The Morgan fingerprint density at radius 1 is 1.12 bits per heavy atom. The average molecular weight is 341 g/mol. The first-order valence-corrected chi connectivity index (χ1v) is 7.03. The average Bonchev–Trinajstić information content (AvgIpc) is 2.58. The molecule has 0 fully saturated rings. The highest BCUT2D eigenvalue weighted by Crippen LogP contribution is 2.24. The van der Waals surface area contributed by atoms with E-state index in [0.717, 1.165) is 6.07 Å². The molecule has 0 bridgehead atoms. The van der Waals surface area contributed by atoms with Crippen LogP contribution in [0, 0.1) is 11.6 Å². The molecule has 0 saturated heterocycles. The van der Waals surface area contributed by atoms with Crippen molar-refractivity contribution in [3.63, 3.8) is 0 Å². The van der Waals surface area contributed by atoms with Gasteiger partial charge in [0.2, 0.25) is 6.41 Å². The number of nitrogens with two attached hydrogens (primary N) is 1. The summed E-state index contributed by atoms with van der Waals surface area (Å²) in [5.41, 5.74) is 5.25. The summed E-state index contributed by atoms with van der Waals surface area (Å²) in [6, 6.07) is 9.40. The van der Waals surface area contributed by atoms with Crippen LogP contribution >= 0.6 is 0 Å². The number of hydrogen-bond acceptors (Lipinski definition) is 3. The van der Waals surface area contributed by atoms with Gasteiger partial charge in [-0.2, -0.15) is 0 Å². The van der Waals surface area contributed by atoms with E-state index in [4.69, 9.17) is 4.79 Å². The molecule has 0 aliphatic carbocycles. The molecule has 24 heavy (non-hydrogen) atoms. The second-order valence-corrected chi connectivity index (χ2v) is 4.08. The van der Waals surface area contributed by atoms with Crippen molar-refractivity contribution in [2.24, 2.45) is 5.73 Å². The first-order valence-electron chi connectivity index (χ1n) is 7.03. The number of carbonyl (C=O) groups excluding carboxylic acids is 2. The molecule has 0 aliphatic rings. The molecule has 0 atom stereocenters. The van der Waals surface area contributed by atoms with Crippen LogP contribution in [0.2, 0.25) is 0 Å². The number of hydrogen-bond donors (Lipinski definition) is 1. The molecule has 130 valence electrons. The van der Waals surface area contributed by atoms with Crippen LogP contribution in [0.1, 0.15) is 19.4 Å². The Morgan fingerprint density at radius 3 is 2.12 bits per heavy atom. The minimum absolute atomic E-state index is 0.250. The van der Waals surface area contributed by atoms with Gasteiger partial charge in [0.1, 0.15) is 11.6 Å². The Bertz CT molecular complexity index is 646. The third kappa shape index (κ3) is 6.95. The lowest BCUT2D eigenvalue weighted by Crippen LogP contribution is -2.02. The van der Waals surface area contributed by atoms with Crippen LogP contribution in [0.15, 0.2) is 42.5 Å². The van der Waals surface area contributed by atoms with Crippen molar-refractivity contribution >= 4 is 12.4 Å². The van der Waals surface area contributed by atoms with Crippen molar-refractivity contribution in [2.45, 2.75) is 20.3 Å². The molecule has 0 radical (unpaired) electrons. The van der Waals surface area contributed by atoms with Crippen LogP contribution < -0.4 is 5.73 Å². The van der Waals surface area contributed by atoms with Crippen molar-refractivity contribution < 1.29 is 27.8 Å². The van der Waals surface area contributed by atoms with E-state index in [0.29, 0.717) is 11.1 Å². The van der Waals surface area contributed by atoms with Gasteiger partial charge in [0.15, 0.2) is 0 Å². The van der Waals surface area contributed by atoms with E-state index in [1.807, 2.05) is 13.8 Å². The van der Waals surface area contributed by atoms with E-state index in [-0.39, 0.29) is 18.4 Å². The predicted molar refractivity (Wildman–Crippen MR) is 84.3 cm³/mol. The van der Waals surface area contributed by atoms with Gasteiger partial charge in [-0.1, -0.05) is 38.1 Å². The van der Waals surface area contributed by atoms with Gasteiger partial charge in [0, 0.05) is 10.1 Å². The number of benzene rings is 2. The molecular weight excluding hydrogens is 323 g/mol. The van der Waals surface area contributed by atoms with Gasteiger partial charge in [-0.3, -0.25) is 9.74 Å². The third-order valence-corrected chi connectivity index (χ3v) is 2.62. The van der Waals surface area contributed by atoms with E-state index in [1.165, 1.54) is 36.4 Å². The van der Waals surface area contributed by atoms with Gasteiger partial charge in [-0.15, -0.1) is 0 Å². The van der Waals surface area contributed by atoms with Crippen LogP contribution in [0.3, 0.4) is 0 Å². The number of halogens is 3. The van der Waals surface area contributed by atoms with E-state index in [1.54, 1.807) is 0 Å². The van der Waals surface area contributed by atoms with Crippen LogP contribution in [-0.4, -0.2) is 12.4 Å². The molecule has 0 spiro atoms. The molecule has 2 rings (SSSR count). The van der Waals surface area contributed by atoms with Crippen LogP contribution in [0.4, 0.5) is 13.3 Å². The number of rotatable bonds is 3. The number of carbonyl (C=O) groups is 2. The van der Waals surface area contributed by atoms with Gasteiger partial charge in [0.05, 0.1) is 6.42 Å². The predicted octanol–water partition coefficient (Wildman–Crippen LogP) is 3.73. The van der Waals surface area contributed by atoms with E-state index >= 15 is 0 Å². The highest BCUT2D eigenvalue weighted by atomic mass is 19.3. The molecule has 0 aliphatic heterocycles. The largest absolute Gasteiger partial charge is 0.372 e. The lowest BCUT2D eigenvalue weighted by molar-refractivity contribution is -0.182. The summed E-state index contributed by atoms with van der Waals surface area (Å²) in [4.78, 5) is 22.3. The zero-order valence-corrected chi connectivity index (χ0v) is 13.3. The summed E-state index contributed by atoms with van der Waals surface area (Å²) in [7, 11) is 0. The topological polar surface area (TPSA) is 69.4 Å². The van der Waals surface area contributed by atoms with Crippen molar-refractivity contribution in [2.75, 3.05) is 0 Å². The second kappa shape index (κ2) is 11.7.